The summed E-state index contributed by atoms with van der Waals surface area (Å²) < 4.78 is 8.02. The second-order valence-corrected chi connectivity index (χ2v) is 5.66. The minimum Gasteiger partial charge on any atom is -0.376 e. The Hall–Kier alpha value is -1.13. The Kier molecular flexibility index (Phi) is 4.22. The van der Waals surface area contributed by atoms with Crippen LogP contribution in [-0.4, -0.2) is 27.2 Å². The van der Waals surface area contributed by atoms with Crippen LogP contribution >= 0.6 is 11.6 Å². The van der Waals surface area contributed by atoms with Crippen molar-refractivity contribution in [1.29, 1.82) is 0 Å². The highest BCUT2D eigenvalue weighted by Crippen LogP contribution is 2.22. The van der Waals surface area contributed by atoms with Crippen molar-refractivity contribution in [2.45, 2.75) is 51.1 Å². The second kappa shape index (κ2) is 6.10. The maximum absolute atomic E-state index is 6.01. The highest BCUT2D eigenvalue weighted by molar-refractivity contribution is 6.16. The molecule has 5 heteroatoms. The Morgan fingerprint density at radius 2 is 2.20 bits per heavy atom. The van der Waals surface area contributed by atoms with Crippen LogP contribution in [0.3, 0.4) is 0 Å². The van der Waals surface area contributed by atoms with Gasteiger partial charge in [-0.05, 0) is 31.4 Å². The Labute approximate surface area is 124 Å². The van der Waals surface area contributed by atoms with E-state index in [4.69, 9.17) is 16.3 Å². The first kappa shape index (κ1) is 13.8. The van der Waals surface area contributed by atoms with Crippen molar-refractivity contribution in [3.05, 3.63) is 23.7 Å². The first-order valence-electron chi connectivity index (χ1n) is 7.28. The second-order valence-electron chi connectivity index (χ2n) is 5.39. The fourth-order valence-corrected chi connectivity index (χ4v) is 3.09. The van der Waals surface area contributed by atoms with Crippen LogP contribution in [0, 0.1) is 6.92 Å². The summed E-state index contributed by atoms with van der Waals surface area (Å²) >= 11 is 6.01. The van der Waals surface area contributed by atoms with E-state index in [1.807, 2.05) is 19.2 Å². The summed E-state index contributed by atoms with van der Waals surface area (Å²) in [5, 5.41) is 0. The van der Waals surface area contributed by atoms with Crippen molar-refractivity contribution >= 4 is 22.8 Å². The van der Waals surface area contributed by atoms with Gasteiger partial charge in [-0.1, -0.05) is 12.8 Å². The zero-order valence-corrected chi connectivity index (χ0v) is 12.6. The van der Waals surface area contributed by atoms with Crippen molar-refractivity contribution < 1.29 is 4.74 Å². The SMILES string of the molecule is Cc1ccnc2c1nc(CCl)n2CCOC1CCCC1. The molecule has 1 aliphatic carbocycles. The third kappa shape index (κ3) is 2.67. The Bertz CT molecular complexity index is 590. The van der Waals surface area contributed by atoms with Gasteiger partial charge in [0.05, 0.1) is 18.6 Å². The molecule has 0 N–H and O–H groups in total. The maximum atomic E-state index is 6.01. The topological polar surface area (TPSA) is 39.9 Å². The van der Waals surface area contributed by atoms with Gasteiger partial charge in [-0.2, -0.15) is 0 Å². The van der Waals surface area contributed by atoms with Crippen LogP contribution in [0.4, 0.5) is 0 Å². The van der Waals surface area contributed by atoms with E-state index in [1.54, 1.807) is 0 Å². The fraction of sp³-hybridized carbons (Fsp3) is 0.600. The summed E-state index contributed by atoms with van der Waals surface area (Å²) in [6, 6.07) is 1.98. The van der Waals surface area contributed by atoms with Crippen LogP contribution in [0.5, 0.6) is 0 Å². The van der Waals surface area contributed by atoms with Gasteiger partial charge in [0.25, 0.3) is 0 Å². The van der Waals surface area contributed by atoms with Gasteiger partial charge in [-0.15, -0.1) is 11.6 Å². The monoisotopic (exact) mass is 293 g/mol. The molecular formula is C15H20ClN3O. The third-order valence-electron chi connectivity index (χ3n) is 4.00. The van der Waals surface area contributed by atoms with Crippen molar-refractivity contribution in [3.8, 4) is 0 Å². The van der Waals surface area contributed by atoms with E-state index in [-0.39, 0.29) is 0 Å². The highest BCUT2D eigenvalue weighted by Gasteiger charge is 2.16. The Balaban J connectivity index is 1.77. The lowest BCUT2D eigenvalue weighted by atomic mass is 10.3. The number of ether oxygens (including phenoxy) is 1. The molecule has 108 valence electrons. The van der Waals surface area contributed by atoms with Crippen LogP contribution in [0.1, 0.15) is 37.1 Å². The molecule has 1 saturated carbocycles. The van der Waals surface area contributed by atoms with E-state index in [2.05, 4.69) is 14.5 Å². The minimum absolute atomic E-state index is 0.402. The maximum Gasteiger partial charge on any atom is 0.160 e. The van der Waals surface area contributed by atoms with Gasteiger partial charge in [-0.25, -0.2) is 9.97 Å². The molecule has 20 heavy (non-hydrogen) atoms. The molecule has 0 atom stereocenters. The van der Waals surface area contributed by atoms with Crippen LogP contribution < -0.4 is 0 Å². The van der Waals surface area contributed by atoms with E-state index >= 15 is 0 Å². The molecule has 1 fully saturated rings. The largest absolute Gasteiger partial charge is 0.376 e. The van der Waals surface area contributed by atoms with Crippen LogP contribution in [-0.2, 0) is 17.2 Å². The lowest BCUT2D eigenvalue weighted by Gasteiger charge is -2.12. The van der Waals surface area contributed by atoms with E-state index in [9.17, 15) is 0 Å². The molecule has 0 amide bonds. The summed E-state index contributed by atoms with van der Waals surface area (Å²) in [5.74, 6) is 1.28. The smallest absolute Gasteiger partial charge is 0.160 e. The first-order valence-corrected chi connectivity index (χ1v) is 7.81. The molecule has 2 aromatic rings. The quantitative estimate of drug-likeness (QED) is 0.793. The number of pyridine rings is 1. The highest BCUT2D eigenvalue weighted by atomic mass is 35.5. The van der Waals surface area contributed by atoms with E-state index < -0.39 is 0 Å². The number of rotatable bonds is 5. The van der Waals surface area contributed by atoms with Crippen molar-refractivity contribution in [2.75, 3.05) is 6.61 Å². The van der Waals surface area contributed by atoms with Crippen molar-refractivity contribution in [3.63, 3.8) is 0 Å². The molecule has 0 spiro atoms. The molecule has 0 unspecified atom stereocenters. The van der Waals surface area contributed by atoms with Crippen LogP contribution in [0.25, 0.3) is 11.2 Å². The molecule has 0 saturated heterocycles. The molecule has 1 aliphatic rings. The molecule has 3 rings (SSSR count). The third-order valence-corrected chi connectivity index (χ3v) is 4.24. The van der Waals surface area contributed by atoms with E-state index in [1.165, 1.54) is 25.7 Å². The normalized spacial score (nSPS) is 16.3. The number of aryl methyl sites for hydroxylation is 1. The fourth-order valence-electron chi connectivity index (χ4n) is 2.89. The number of fused-ring (bicyclic) bond motifs is 1. The number of alkyl halides is 1. The molecule has 0 aromatic carbocycles. The Morgan fingerprint density at radius 3 is 2.95 bits per heavy atom. The predicted octanol–water partition coefficient (Wildman–Crippen LogP) is 3.44. The number of nitrogens with zero attached hydrogens (tertiary/aromatic N) is 3. The zero-order valence-electron chi connectivity index (χ0n) is 11.8. The first-order chi connectivity index (χ1) is 9.79. The standard InChI is InChI=1S/C15H20ClN3O/c1-11-6-7-17-15-14(11)18-13(10-16)19(15)8-9-20-12-4-2-3-5-12/h6-7,12H,2-5,8-10H2,1H3. The number of hydrogen-bond acceptors (Lipinski definition) is 3. The summed E-state index contributed by atoms with van der Waals surface area (Å²) in [4.78, 5) is 9.04. The molecule has 2 aromatic heterocycles. The lowest BCUT2D eigenvalue weighted by molar-refractivity contribution is 0.0531. The van der Waals surface area contributed by atoms with Gasteiger partial charge in [0.1, 0.15) is 11.3 Å². The van der Waals surface area contributed by atoms with Gasteiger partial charge in [0, 0.05) is 12.7 Å². The van der Waals surface area contributed by atoms with Crippen LogP contribution in [0.2, 0.25) is 0 Å². The van der Waals surface area contributed by atoms with E-state index in [0.717, 1.165) is 29.1 Å². The average Bonchev–Trinajstić information content (AvgIpc) is 3.08. The van der Waals surface area contributed by atoms with E-state index in [0.29, 0.717) is 18.6 Å². The molecule has 4 nitrogen and oxygen atoms in total. The van der Waals surface area contributed by atoms with Gasteiger partial charge >= 0.3 is 0 Å². The summed E-state index contributed by atoms with van der Waals surface area (Å²) in [6.45, 7) is 3.52. The van der Waals surface area contributed by atoms with Crippen molar-refractivity contribution in [1.82, 2.24) is 14.5 Å². The number of aromatic nitrogens is 3. The number of imidazole rings is 1. The molecule has 0 radical (unpaired) electrons. The molecule has 0 aliphatic heterocycles. The summed E-state index contributed by atoms with van der Waals surface area (Å²) in [7, 11) is 0. The van der Waals surface area contributed by atoms with Gasteiger partial charge in [0.2, 0.25) is 0 Å². The minimum atomic E-state index is 0.402. The van der Waals surface area contributed by atoms with Gasteiger partial charge in [0.15, 0.2) is 5.65 Å². The van der Waals surface area contributed by atoms with Crippen LogP contribution in [0.15, 0.2) is 12.3 Å². The predicted molar refractivity (Wildman–Crippen MR) is 80.0 cm³/mol. The van der Waals surface area contributed by atoms with Gasteiger partial charge < -0.3 is 9.30 Å². The molecule has 2 heterocycles. The molecular weight excluding hydrogens is 274 g/mol. The zero-order chi connectivity index (χ0) is 13.9. The summed E-state index contributed by atoms with van der Waals surface area (Å²) in [5.41, 5.74) is 3.00. The summed E-state index contributed by atoms with van der Waals surface area (Å²) in [6.07, 6.45) is 7.26. The van der Waals surface area contributed by atoms with Crippen molar-refractivity contribution in [2.24, 2.45) is 0 Å². The Morgan fingerprint density at radius 1 is 1.40 bits per heavy atom. The number of hydrogen-bond donors (Lipinski definition) is 0. The number of halogens is 1. The molecule has 0 bridgehead atoms. The van der Waals surface area contributed by atoms with Gasteiger partial charge in [-0.3, -0.25) is 0 Å². The average molecular weight is 294 g/mol. The lowest BCUT2D eigenvalue weighted by Crippen LogP contribution is -2.14.